The molecule has 0 aliphatic carbocycles. The summed E-state index contributed by atoms with van der Waals surface area (Å²) in [4.78, 5) is 29.0. The second-order valence-corrected chi connectivity index (χ2v) is 8.67. The molecule has 3 aromatic rings. The summed E-state index contributed by atoms with van der Waals surface area (Å²) in [5.74, 6) is -0.371. The second kappa shape index (κ2) is 12.7. The Labute approximate surface area is 203 Å². The lowest BCUT2D eigenvalue weighted by molar-refractivity contribution is -0.142. The Morgan fingerprint density at radius 2 is 2.00 bits per heavy atom. The van der Waals surface area contributed by atoms with Crippen LogP contribution in [0, 0.1) is 5.82 Å². The summed E-state index contributed by atoms with van der Waals surface area (Å²) in [6.45, 7) is 0.708. The van der Waals surface area contributed by atoms with Gasteiger partial charge in [-0.15, -0.1) is 0 Å². The number of nitrogens with zero attached hydrogens (tertiary/aromatic N) is 2. The maximum atomic E-state index is 13.5. The van der Waals surface area contributed by atoms with Crippen molar-refractivity contribution >= 4 is 35.3 Å². The summed E-state index contributed by atoms with van der Waals surface area (Å²) in [7, 11) is 1.31. The first-order chi connectivity index (χ1) is 16.5. The van der Waals surface area contributed by atoms with Crippen molar-refractivity contribution in [3.05, 3.63) is 89.8 Å². The molecule has 1 atom stereocenters. The van der Waals surface area contributed by atoms with Crippen LogP contribution in [0.15, 0.2) is 67.3 Å². The molecule has 0 aliphatic rings. The third-order valence-electron chi connectivity index (χ3n) is 5.30. The molecule has 1 aromatic heterocycles. The Hall–Kier alpha value is -3.39. The van der Waals surface area contributed by atoms with Crippen LogP contribution in [-0.2, 0) is 16.1 Å². The van der Waals surface area contributed by atoms with Crippen LogP contribution in [0.1, 0.15) is 34.3 Å². The average Bonchev–Trinajstić information content (AvgIpc) is 3.38. The number of ether oxygens (including phenoxy) is 1. The molecular weight excluding hydrogens is 453 g/mol. The predicted molar refractivity (Wildman–Crippen MR) is 134 cm³/mol. The largest absolute Gasteiger partial charge is 0.467 e. The molecule has 0 spiro atoms. The minimum atomic E-state index is -0.700. The number of aryl methyl sites for hydroxylation is 1. The number of aromatic nitrogens is 2. The van der Waals surface area contributed by atoms with Gasteiger partial charge in [-0.3, -0.25) is 4.79 Å². The molecule has 0 bridgehead atoms. The van der Waals surface area contributed by atoms with Crippen LogP contribution in [0.3, 0.4) is 0 Å². The van der Waals surface area contributed by atoms with Gasteiger partial charge in [0.1, 0.15) is 11.9 Å². The van der Waals surface area contributed by atoms with Crippen LogP contribution < -0.4 is 5.32 Å². The lowest BCUT2D eigenvalue weighted by atomic mass is 9.98. The van der Waals surface area contributed by atoms with Crippen LogP contribution >= 0.6 is 11.8 Å². The Morgan fingerprint density at radius 3 is 2.68 bits per heavy atom. The highest BCUT2D eigenvalue weighted by Crippen LogP contribution is 2.23. The molecule has 0 unspecified atom stereocenters. The van der Waals surface area contributed by atoms with Crippen molar-refractivity contribution < 1.29 is 18.7 Å². The van der Waals surface area contributed by atoms with Crippen molar-refractivity contribution in [2.75, 3.05) is 19.1 Å². The van der Waals surface area contributed by atoms with Gasteiger partial charge in [-0.2, -0.15) is 11.8 Å². The quantitative estimate of drug-likeness (QED) is 0.318. The van der Waals surface area contributed by atoms with Crippen molar-refractivity contribution in [1.29, 1.82) is 0 Å². The number of amides is 1. The molecule has 0 radical (unpaired) electrons. The molecule has 3 rings (SSSR count). The maximum absolute atomic E-state index is 13.5. The predicted octanol–water partition coefficient (Wildman–Crippen LogP) is 4.68. The first kappa shape index (κ1) is 25.2. The van der Waals surface area contributed by atoms with E-state index < -0.39 is 12.0 Å². The fourth-order valence-electron chi connectivity index (χ4n) is 3.47. The Kier molecular flexibility index (Phi) is 9.46. The number of thioether (sulfide) groups is 1. The van der Waals surface area contributed by atoms with Crippen molar-refractivity contribution in [1.82, 2.24) is 14.9 Å². The lowest BCUT2D eigenvalue weighted by Gasteiger charge is -2.16. The van der Waals surface area contributed by atoms with Crippen molar-refractivity contribution in [2.45, 2.75) is 25.4 Å². The highest BCUT2D eigenvalue weighted by Gasteiger charge is 2.21. The molecule has 1 amide bonds. The van der Waals surface area contributed by atoms with E-state index in [1.165, 1.54) is 19.2 Å². The molecule has 178 valence electrons. The number of carbonyl (C=O) groups excluding carboxylic acids is 2. The van der Waals surface area contributed by atoms with E-state index in [0.717, 1.165) is 22.5 Å². The summed E-state index contributed by atoms with van der Waals surface area (Å²) in [5, 5.41) is 2.78. The van der Waals surface area contributed by atoms with Gasteiger partial charge < -0.3 is 14.6 Å². The van der Waals surface area contributed by atoms with Gasteiger partial charge in [0.15, 0.2) is 0 Å². The van der Waals surface area contributed by atoms with Crippen LogP contribution in [-0.4, -0.2) is 46.6 Å². The molecule has 2 aromatic carbocycles. The van der Waals surface area contributed by atoms with Gasteiger partial charge in [-0.25, -0.2) is 14.2 Å². The number of esters is 1. The highest BCUT2D eigenvalue weighted by atomic mass is 32.2. The molecule has 1 N–H and O–H groups in total. The molecular formula is C26H28FN3O3S. The first-order valence-electron chi connectivity index (χ1n) is 10.9. The van der Waals surface area contributed by atoms with Crippen molar-refractivity contribution in [2.24, 2.45) is 0 Å². The molecule has 6 nitrogen and oxygen atoms in total. The smallest absolute Gasteiger partial charge is 0.328 e. The number of imidazole rings is 1. The number of halogens is 1. The van der Waals surface area contributed by atoms with Crippen LogP contribution in [0.5, 0.6) is 0 Å². The van der Waals surface area contributed by atoms with E-state index >= 15 is 0 Å². The summed E-state index contributed by atoms with van der Waals surface area (Å²) < 4.78 is 20.3. The van der Waals surface area contributed by atoms with E-state index in [1.54, 1.807) is 54.6 Å². The minimum Gasteiger partial charge on any atom is -0.467 e. The van der Waals surface area contributed by atoms with Gasteiger partial charge >= 0.3 is 5.97 Å². The van der Waals surface area contributed by atoms with Gasteiger partial charge in [0.2, 0.25) is 0 Å². The fourth-order valence-corrected chi connectivity index (χ4v) is 3.94. The van der Waals surface area contributed by atoms with Crippen LogP contribution in [0.4, 0.5) is 4.39 Å². The van der Waals surface area contributed by atoms with Gasteiger partial charge in [-0.1, -0.05) is 30.3 Å². The van der Waals surface area contributed by atoms with Gasteiger partial charge in [0.25, 0.3) is 5.91 Å². The highest BCUT2D eigenvalue weighted by molar-refractivity contribution is 7.98. The number of hydrogen-bond donors (Lipinski definition) is 1. The number of allylic oxidation sites excluding steroid dienone is 1. The van der Waals surface area contributed by atoms with Gasteiger partial charge in [0.05, 0.1) is 13.4 Å². The average molecular weight is 482 g/mol. The van der Waals surface area contributed by atoms with Crippen LogP contribution in [0.25, 0.3) is 11.6 Å². The summed E-state index contributed by atoms with van der Waals surface area (Å²) in [6, 6.07) is 12.9. The zero-order valence-electron chi connectivity index (χ0n) is 19.2. The summed E-state index contributed by atoms with van der Waals surface area (Å²) in [6.07, 6.45) is 10.5. The zero-order valence-corrected chi connectivity index (χ0v) is 20.1. The van der Waals surface area contributed by atoms with Crippen molar-refractivity contribution in [3.63, 3.8) is 0 Å². The normalized spacial score (nSPS) is 12.3. The lowest BCUT2D eigenvalue weighted by Crippen LogP contribution is -2.41. The number of nitrogens with one attached hydrogen (secondary N) is 1. The number of carbonyl (C=O) groups is 2. The topological polar surface area (TPSA) is 73.2 Å². The zero-order chi connectivity index (χ0) is 24.3. The number of methoxy groups -OCH3 is 1. The van der Waals surface area contributed by atoms with Crippen molar-refractivity contribution in [3.8, 4) is 0 Å². The second-order valence-electron chi connectivity index (χ2n) is 7.68. The molecule has 0 saturated heterocycles. The molecule has 0 fully saturated rings. The number of hydrogen-bond acceptors (Lipinski definition) is 5. The van der Waals surface area contributed by atoms with E-state index in [-0.39, 0.29) is 11.7 Å². The van der Waals surface area contributed by atoms with E-state index in [1.807, 2.05) is 29.2 Å². The number of rotatable bonds is 11. The third-order valence-corrected chi connectivity index (χ3v) is 5.95. The molecule has 0 aliphatic heterocycles. The Bertz CT molecular complexity index is 1110. The fraction of sp³-hybridized carbons (Fsp3) is 0.269. The first-order valence-corrected chi connectivity index (χ1v) is 12.3. The minimum absolute atomic E-state index is 0.294. The molecule has 34 heavy (non-hydrogen) atoms. The van der Waals surface area contributed by atoms with E-state index in [0.29, 0.717) is 24.9 Å². The third kappa shape index (κ3) is 7.31. The monoisotopic (exact) mass is 481 g/mol. The molecule has 1 heterocycles. The Morgan fingerprint density at radius 1 is 1.21 bits per heavy atom. The van der Waals surface area contributed by atoms with Gasteiger partial charge in [0, 0.05) is 24.5 Å². The maximum Gasteiger partial charge on any atom is 0.328 e. The standard InChI is InChI=1S/C26H28FN3O3S/c1-33-26(32)24(11-15-34-2)29-25(31)22-5-3-4-19(17-22)16-21(10-13-30-14-12-28-18-30)20-6-8-23(27)9-7-20/h3-9,12,14,16-18,24H,10-11,13,15H2,1-2H3,(H,29,31)/b21-16-/t24-/m0/s1. The van der Waals surface area contributed by atoms with Gasteiger partial charge in [-0.05, 0) is 65.8 Å². The molecule has 8 heteroatoms. The molecule has 0 saturated carbocycles. The number of benzene rings is 2. The SMILES string of the molecule is COC(=O)[C@H](CCSC)NC(=O)c1cccc(/C=C(/CCn2ccnc2)c2ccc(F)cc2)c1. The summed E-state index contributed by atoms with van der Waals surface area (Å²) in [5.41, 5.74) is 3.18. The summed E-state index contributed by atoms with van der Waals surface area (Å²) >= 11 is 1.60. The van der Waals surface area contributed by atoms with E-state index in [2.05, 4.69) is 10.3 Å². The van der Waals surface area contributed by atoms with E-state index in [9.17, 15) is 14.0 Å². The van der Waals surface area contributed by atoms with Crippen LogP contribution in [0.2, 0.25) is 0 Å². The Balaban J connectivity index is 1.83. The van der Waals surface area contributed by atoms with E-state index in [4.69, 9.17) is 4.74 Å².